The van der Waals surface area contributed by atoms with Crippen LogP contribution in [0.2, 0.25) is 0 Å². The van der Waals surface area contributed by atoms with Crippen LogP contribution in [0.5, 0.6) is 0 Å². The molecule has 1 fully saturated rings. The van der Waals surface area contributed by atoms with Gasteiger partial charge >= 0.3 is 6.09 Å². The van der Waals surface area contributed by atoms with Gasteiger partial charge in [0.15, 0.2) is 0 Å². The van der Waals surface area contributed by atoms with Crippen molar-refractivity contribution in [1.82, 2.24) is 10.3 Å². The smallest absolute Gasteiger partial charge is 0.405 e. The van der Waals surface area contributed by atoms with Gasteiger partial charge in [-0.25, -0.2) is 18.6 Å². The number of amides is 2. The average molecular weight is 469 g/mol. The molecular weight excluding hydrogens is 442 g/mol. The molecule has 2 aromatic carbocycles. The number of rotatable bonds is 5. The quantitative estimate of drug-likeness (QED) is 0.464. The molecule has 0 radical (unpaired) electrons. The SMILES string of the molecule is CC(NC(=O)O)c1cccc(NC(=O)c2cc3ccccc3nc2N2CCCC(F)(F)CC2)c1. The van der Waals surface area contributed by atoms with Crippen molar-refractivity contribution < 1.29 is 23.5 Å². The molecule has 2 heterocycles. The van der Waals surface area contributed by atoms with Crippen LogP contribution in [0, 0.1) is 0 Å². The highest BCUT2D eigenvalue weighted by molar-refractivity contribution is 6.09. The first-order chi connectivity index (χ1) is 16.2. The Morgan fingerprint density at radius 3 is 2.68 bits per heavy atom. The topological polar surface area (TPSA) is 94.6 Å². The number of para-hydroxylation sites is 1. The van der Waals surface area contributed by atoms with Gasteiger partial charge in [0.25, 0.3) is 5.91 Å². The van der Waals surface area contributed by atoms with Crippen LogP contribution in [0.25, 0.3) is 10.9 Å². The fraction of sp³-hybridized carbons (Fsp3) is 0.320. The van der Waals surface area contributed by atoms with Crippen LogP contribution in [0.3, 0.4) is 0 Å². The third-order valence-corrected chi connectivity index (χ3v) is 5.95. The summed E-state index contributed by atoms with van der Waals surface area (Å²) in [6.07, 6.45) is -1.32. The summed E-state index contributed by atoms with van der Waals surface area (Å²) < 4.78 is 27.9. The predicted molar refractivity (Wildman–Crippen MR) is 127 cm³/mol. The molecule has 0 saturated carbocycles. The van der Waals surface area contributed by atoms with Crippen LogP contribution in [0.15, 0.2) is 54.6 Å². The summed E-state index contributed by atoms with van der Waals surface area (Å²) in [7, 11) is 0. The molecular formula is C25H26F2N4O3. The van der Waals surface area contributed by atoms with E-state index >= 15 is 0 Å². The zero-order valence-electron chi connectivity index (χ0n) is 18.7. The largest absolute Gasteiger partial charge is 0.465 e. The summed E-state index contributed by atoms with van der Waals surface area (Å²) in [6, 6.07) is 15.5. The van der Waals surface area contributed by atoms with E-state index in [1.165, 1.54) is 0 Å². The van der Waals surface area contributed by atoms with E-state index in [9.17, 15) is 18.4 Å². The van der Waals surface area contributed by atoms with Crippen molar-refractivity contribution in [3.63, 3.8) is 0 Å². The molecule has 1 atom stereocenters. The number of pyridine rings is 1. The minimum absolute atomic E-state index is 0.104. The number of halogens is 2. The molecule has 9 heteroatoms. The molecule has 34 heavy (non-hydrogen) atoms. The van der Waals surface area contributed by atoms with Gasteiger partial charge in [0.05, 0.1) is 17.1 Å². The highest BCUT2D eigenvalue weighted by Crippen LogP contribution is 2.32. The second-order valence-corrected chi connectivity index (χ2v) is 8.50. The Morgan fingerprint density at radius 2 is 1.88 bits per heavy atom. The van der Waals surface area contributed by atoms with Crippen molar-refractivity contribution in [2.45, 2.75) is 38.2 Å². The number of carbonyl (C=O) groups excluding carboxylic acids is 1. The standard InChI is InChI=1S/C25H26F2N4O3/c1-16(28-24(33)34)17-7-4-8-19(14-17)29-23(32)20-15-18-6-2-3-9-21(18)30-22(20)31-12-5-10-25(26,27)11-13-31/h2-4,6-9,14-16,28H,5,10-13H2,1H3,(H,29,32)(H,33,34). The molecule has 1 aliphatic rings. The molecule has 1 unspecified atom stereocenters. The lowest BCUT2D eigenvalue weighted by Gasteiger charge is -2.24. The van der Waals surface area contributed by atoms with Crippen molar-refractivity contribution in [1.29, 1.82) is 0 Å². The van der Waals surface area contributed by atoms with E-state index in [2.05, 4.69) is 15.6 Å². The normalized spacial score (nSPS) is 16.5. The van der Waals surface area contributed by atoms with E-state index in [4.69, 9.17) is 5.11 Å². The minimum atomic E-state index is -2.73. The van der Waals surface area contributed by atoms with E-state index < -0.39 is 24.0 Å². The van der Waals surface area contributed by atoms with Gasteiger partial charge in [0.2, 0.25) is 5.92 Å². The van der Waals surface area contributed by atoms with Gasteiger partial charge in [0.1, 0.15) is 5.82 Å². The number of aromatic nitrogens is 1. The van der Waals surface area contributed by atoms with Crippen molar-refractivity contribution in [3.05, 3.63) is 65.7 Å². The summed E-state index contributed by atoms with van der Waals surface area (Å²) in [4.78, 5) is 30.7. The van der Waals surface area contributed by atoms with Gasteiger partial charge in [0, 0.05) is 37.0 Å². The summed E-state index contributed by atoms with van der Waals surface area (Å²) >= 11 is 0. The van der Waals surface area contributed by atoms with Crippen LogP contribution in [0.1, 0.15) is 48.1 Å². The van der Waals surface area contributed by atoms with Crippen molar-refractivity contribution in [3.8, 4) is 0 Å². The van der Waals surface area contributed by atoms with Crippen molar-refractivity contribution in [2.24, 2.45) is 0 Å². The molecule has 0 aliphatic carbocycles. The minimum Gasteiger partial charge on any atom is -0.465 e. The second-order valence-electron chi connectivity index (χ2n) is 8.50. The van der Waals surface area contributed by atoms with E-state index in [0.29, 0.717) is 41.1 Å². The Kier molecular flexibility index (Phi) is 6.63. The van der Waals surface area contributed by atoms with E-state index in [-0.39, 0.29) is 19.4 Å². The molecule has 1 aromatic heterocycles. The number of alkyl halides is 2. The predicted octanol–water partition coefficient (Wildman–Crippen LogP) is 5.44. The van der Waals surface area contributed by atoms with Gasteiger partial charge in [-0.3, -0.25) is 4.79 Å². The third kappa shape index (κ3) is 5.41. The summed E-state index contributed by atoms with van der Waals surface area (Å²) in [5.74, 6) is -2.76. The zero-order valence-corrected chi connectivity index (χ0v) is 18.7. The highest BCUT2D eigenvalue weighted by Gasteiger charge is 2.33. The molecule has 1 saturated heterocycles. The highest BCUT2D eigenvalue weighted by atomic mass is 19.3. The van der Waals surface area contributed by atoms with E-state index in [0.717, 1.165) is 5.39 Å². The molecule has 4 rings (SSSR count). The second kappa shape index (κ2) is 9.62. The number of carboxylic acid groups (broad SMARTS) is 1. The number of hydrogen-bond donors (Lipinski definition) is 3. The first kappa shape index (κ1) is 23.4. The van der Waals surface area contributed by atoms with Gasteiger partial charge in [-0.2, -0.15) is 0 Å². The fourth-order valence-electron chi connectivity index (χ4n) is 4.14. The summed E-state index contributed by atoms with van der Waals surface area (Å²) in [5.41, 5.74) is 2.15. The van der Waals surface area contributed by atoms with Gasteiger partial charge in [-0.1, -0.05) is 30.3 Å². The summed E-state index contributed by atoms with van der Waals surface area (Å²) in [5, 5.41) is 15.0. The van der Waals surface area contributed by atoms with Crippen LogP contribution in [-0.2, 0) is 0 Å². The monoisotopic (exact) mass is 468 g/mol. The van der Waals surface area contributed by atoms with E-state index in [1.54, 1.807) is 42.2 Å². The van der Waals surface area contributed by atoms with Gasteiger partial charge in [-0.05, 0) is 43.2 Å². The Morgan fingerprint density at radius 1 is 1.09 bits per heavy atom. The molecule has 178 valence electrons. The molecule has 1 aliphatic heterocycles. The van der Waals surface area contributed by atoms with E-state index in [1.807, 2.05) is 24.3 Å². The molecule has 7 nitrogen and oxygen atoms in total. The molecule has 3 N–H and O–H groups in total. The lowest BCUT2D eigenvalue weighted by Crippen LogP contribution is -2.29. The molecule has 2 amide bonds. The fourth-order valence-corrected chi connectivity index (χ4v) is 4.14. The average Bonchev–Trinajstić information content (AvgIpc) is 2.98. The number of carbonyl (C=O) groups is 2. The van der Waals surface area contributed by atoms with Gasteiger partial charge < -0.3 is 20.6 Å². The lowest BCUT2D eigenvalue weighted by atomic mass is 10.1. The van der Waals surface area contributed by atoms with Crippen LogP contribution in [0.4, 0.5) is 25.1 Å². The number of nitrogens with one attached hydrogen (secondary N) is 2. The maximum Gasteiger partial charge on any atom is 0.405 e. The number of hydrogen-bond acceptors (Lipinski definition) is 4. The maximum atomic E-state index is 14.0. The molecule has 3 aromatic rings. The number of fused-ring (bicyclic) bond motifs is 1. The maximum absolute atomic E-state index is 14.0. The van der Waals surface area contributed by atoms with Crippen LogP contribution < -0.4 is 15.5 Å². The van der Waals surface area contributed by atoms with Crippen LogP contribution in [-0.4, -0.2) is 41.1 Å². The number of benzene rings is 2. The first-order valence-corrected chi connectivity index (χ1v) is 11.2. The number of nitrogens with zero attached hydrogens (tertiary/aromatic N) is 2. The van der Waals surface area contributed by atoms with Crippen molar-refractivity contribution >= 4 is 34.4 Å². The Balaban J connectivity index is 1.66. The Labute approximate surface area is 195 Å². The zero-order chi connectivity index (χ0) is 24.3. The van der Waals surface area contributed by atoms with Gasteiger partial charge in [-0.15, -0.1) is 0 Å². The first-order valence-electron chi connectivity index (χ1n) is 11.2. The van der Waals surface area contributed by atoms with Crippen molar-refractivity contribution in [2.75, 3.05) is 23.3 Å². The Hall–Kier alpha value is -3.75. The Bertz CT molecular complexity index is 1220. The molecule has 0 spiro atoms. The third-order valence-electron chi connectivity index (χ3n) is 5.95. The van der Waals surface area contributed by atoms with Crippen LogP contribution >= 0.6 is 0 Å². The molecule has 0 bridgehead atoms. The summed E-state index contributed by atoms with van der Waals surface area (Å²) in [6.45, 7) is 2.19. The lowest BCUT2D eigenvalue weighted by molar-refractivity contribution is -0.0102. The number of anilines is 2.